The maximum absolute atomic E-state index is 14.3. The molecule has 13 heteroatoms. The van der Waals surface area contributed by atoms with Crippen LogP contribution in [0.3, 0.4) is 0 Å². The normalized spacial score (nSPS) is 12.2. The average Bonchev–Trinajstić information content (AvgIpc) is 3.09. The summed E-state index contributed by atoms with van der Waals surface area (Å²) in [6.45, 7) is 0.921. The third-order valence-corrected chi connectivity index (χ3v) is 10.3. The lowest BCUT2D eigenvalue weighted by atomic mass is 10.0. The molecule has 0 aliphatic heterocycles. The standard InChI is InChI=1S/C36H36FN5O5S2/c1-41(2)22-7-6-9-27(24-48-28-10-4-3-5-11-28)39-33-20-17-29(23-34(33)42(44)45)49(46,47)40-36(43)26-15-13-25(14-16-26)30-18-19-32(37)31-12-8-21-38-35(30)31/h3-5,8,10-21,23,27,39H,6-7,9,22,24H2,1-2H3,(H,40,43)/t27-/m1/s1. The Kier molecular flexibility index (Phi) is 11.6. The molecule has 0 aliphatic rings. The van der Waals surface area contributed by atoms with Gasteiger partial charge in [0.1, 0.15) is 11.5 Å². The molecule has 254 valence electrons. The molecule has 49 heavy (non-hydrogen) atoms. The fourth-order valence-electron chi connectivity index (χ4n) is 5.31. The van der Waals surface area contributed by atoms with Crippen LogP contribution < -0.4 is 10.0 Å². The van der Waals surface area contributed by atoms with Gasteiger partial charge in [-0.05, 0) is 99.7 Å². The van der Waals surface area contributed by atoms with Crippen molar-refractivity contribution in [3.05, 3.63) is 125 Å². The van der Waals surface area contributed by atoms with Gasteiger partial charge in [-0.1, -0.05) is 36.8 Å². The van der Waals surface area contributed by atoms with Gasteiger partial charge in [0, 0.05) is 45.5 Å². The van der Waals surface area contributed by atoms with Crippen molar-refractivity contribution in [1.82, 2.24) is 14.6 Å². The summed E-state index contributed by atoms with van der Waals surface area (Å²) in [7, 11) is -0.454. The number of nitro groups is 1. The molecule has 1 amide bonds. The Hall–Kier alpha value is -4.85. The molecule has 5 rings (SSSR count). The lowest BCUT2D eigenvalue weighted by Crippen LogP contribution is -2.30. The van der Waals surface area contributed by atoms with E-state index in [2.05, 4.69) is 15.2 Å². The molecule has 0 saturated carbocycles. The molecule has 0 saturated heterocycles. The first kappa shape index (κ1) is 35.5. The van der Waals surface area contributed by atoms with Crippen molar-refractivity contribution >= 4 is 50.0 Å². The molecular weight excluding hydrogens is 666 g/mol. The molecule has 2 N–H and O–H groups in total. The smallest absolute Gasteiger partial charge is 0.293 e. The third kappa shape index (κ3) is 9.19. The number of amides is 1. The topological polar surface area (TPSA) is 135 Å². The third-order valence-electron chi connectivity index (χ3n) is 7.84. The summed E-state index contributed by atoms with van der Waals surface area (Å²) >= 11 is 1.63. The number of anilines is 1. The zero-order valence-electron chi connectivity index (χ0n) is 27.0. The van der Waals surface area contributed by atoms with Crippen molar-refractivity contribution in [2.75, 3.05) is 31.7 Å². The summed E-state index contributed by atoms with van der Waals surface area (Å²) < 4.78 is 42.8. The van der Waals surface area contributed by atoms with Gasteiger partial charge < -0.3 is 10.2 Å². The van der Waals surface area contributed by atoms with Crippen LogP contribution in [0, 0.1) is 15.9 Å². The van der Waals surface area contributed by atoms with Gasteiger partial charge in [-0.3, -0.25) is 19.9 Å². The molecule has 1 atom stereocenters. The van der Waals surface area contributed by atoms with E-state index in [4.69, 9.17) is 0 Å². The lowest BCUT2D eigenvalue weighted by molar-refractivity contribution is -0.384. The summed E-state index contributed by atoms with van der Waals surface area (Å²) in [6, 6.07) is 25.6. The number of nitrogens with one attached hydrogen (secondary N) is 2. The van der Waals surface area contributed by atoms with Crippen molar-refractivity contribution in [3.63, 3.8) is 0 Å². The van der Waals surface area contributed by atoms with E-state index >= 15 is 0 Å². The number of nitro benzene ring substituents is 1. The highest BCUT2D eigenvalue weighted by molar-refractivity contribution is 7.99. The Balaban J connectivity index is 1.31. The molecule has 0 fully saturated rings. The van der Waals surface area contributed by atoms with Gasteiger partial charge in [-0.15, -0.1) is 11.8 Å². The number of hydrogen-bond acceptors (Lipinski definition) is 9. The molecule has 0 radical (unpaired) electrons. The van der Waals surface area contributed by atoms with Gasteiger partial charge in [-0.25, -0.2) is 17.5 Å². The van der Waals surface area contributed by atoms with E-state index in [1.54, 1.807) is 48.3 Å². The molecule has 0 spiro atoms. The van der Waals surface area contributed by atoms with E-state index in [1.807, 2.05) is 49.1 Å². The predicted octanol–water partition coefficient (Wildman–Crippen LogP) is 7.37. The van der Waals surface area contributed by atoms with Crippen LogP contribution in [0.25, 0.3) is 22.0 Å². The van der Waals surface area contributed by atoms with E-state index in [-0.39, 0.29) is 17.3 Å². The number of fused-ring (bicyclic) bond motifs is 1. The Morgan fingerprint density at radius 1 is 0.980 bits per heavy atom. The molecule has 10 nitrogen and oxygen atoms in total. The molecule has 0 bridgehead atoms. The van der Waals surface area contributed by atoms with Crippen LogP contribution in [-0.4, -0.2) is 61.6 Å². The molecular formula is C36H36FN5O5S2. The number of halogens is 1. The average molecular weight is 702 g/mol. The van der Waals surface area contributed by atoms with Crippen LogP contribution in [0.5, 0.6) is 0 Å². The summed E-state index contributed by atoms with van der Waals surface area (Å²) in [5, 5.41) is 15.8. The molecule has 5 aromatic rings. The van der Waals surface area contributed by atoms with E-state index in [0.717, 1.165) is 36.8 Å². The highest BCUT2D eigenvalue weighted by Crippen LogP contribution is 2.31. The monoisotopic (exact) mass is 701 g/mol. The number of hydrogen-bond donors (Lipinski definition) is 2. The van der Waals surface area contributed by atoms with Crippen molar-refractivity contribution < 1.29 is 22.5 Å². The highest BCUT2D eigenvalue weighted by Gasteiger charge is 2.25. The molecule has 1 aromatic heterocycles. The summed E-state index contributed by atoms with van der Waals surface area (Å²) in [6.07, 6.45) is 4.18. The van der Waals surface area contributed by atoms with E-state index in [9.17, 15) is 27.7 Å². The summed E-state index contributed by atoms with van der Waals surface area (Å²) in [5.74, 6) is -0.671. The van der Waals surface area contributed by atoms with Crippen LogP contribution in [0.15, 0.2) is 113 Å². The Labute approximate surface area is 289 Å². The Bertz CT molecular complexity index is 2050. The molecule has 0 unspecified atom stereocenters. The predicted molar refractivity (Wildman–Crippen MR) is 192 cm³/mol. The number of unbranched alkanes of at least 4 members (excludes halogenated alkanes) is 1. The zero-order valence-corrected chi connectivity index (χ0v) is 28.6. The number of sulfonamides is 1. The first-order valence-corrected chi connectivity index (χ1v) is 18.1. The van der Waals surface area contributed by atoms with Crippen LogP contribution >= 0.6 is 11.8 Å². The fourth-order valence-corrected chi connectivity index (χ4v) is 7.30. The maximum atomic E-state index is 14.3. The van der Waals surface area contributed by atoms with E-state index < -0.39 is 37.3 Å². The van der Waals surface area contributed by atoms with Gasteiger partial charge in [-0.2, -0.15) is 0 Å². The first-order valence-electron chi connectivity index (χ1n) is 15.6. The van der Waals surface area contributed by atoms with Crippen LogP contribution in [0.1, 0.15) is 29.6 Å². The van der Waals surface area contributed by atoms with Crippen molar-refractivity contribution in [2.45, 2.75) is 35.1 Å². The SMILES string of the molecule is CN(C)CCCC[C@H](CSc1ccccc1)Nc1ccc(S(=O)(=O)NC(=O)c2ccc(-c3ccc(F)c4cccnc34)cc2)cc1[N+](=O)[O-]. The number of benzene rings is 4. The maximum Gasteiger partial charge on any atom is 0.293 e. The van der Waals surface area contributed by atoms with Gasteiger partial charge in [0.05, 0.1) is 15.3 Å². The second kappa shape index (κ2) is 16.0. The number of aromatic nitrogens is 1. The Morgan fingerprint density at radius 3 is 2.45 bits per heavy atom. The number of nitrogens with zero attached hydrogens (tertiary/aromatic N) is 3. The second-order valence-electron chi connectivity index (χ2n) is 11.7. The number of thioether (sulfide) groups is 1. The minimum Gasteiger partial charge on any atom is -0.376 e. The Morgan fingerprint density at radius 2 is 1.73 bits per heavy atom. The quantitative estimate of drug-likeness (QED) is 0.0497. The summed E-state index contributed by atoms with van der Waals surface area (Å²) in [4.78, 5) is 31.6. The van der Waals surface area contributed by atoms with Gasteiger partial charge in [0.2, 0.25) is 0 Å². The number of pyridine rings is 1. The van der Waals surface area contributed by atoms with Crippen LogP contribution in [0.2, 0.25) is 0 Å². The van der Waals surface area contributed by atoms with E-state index in [1.165, 1.54) is 30.3 Å². The number of carbonyl (C=O) groups excluding carboxylic acids is 1. The lowest BCUT2D eigenvalue weighted by Gasteiger charge is -2.20. The number of rotatable bonds is 15. The molecule has 0 aliphatic carbocycles. The number of carbonyl (C=O) groups is 1. The van der Waals surface area contributed by atoms with Gasteiger partial charge in [0.25, 0.3) is 21.6 Å². The fraction of sp³-hybridized carbons (Fsp3) is 0.222. The van der Waals surface area contributed by atoms with E-state index in [0.29, 0.717) is 27.8 Å². The highest BCUT2D eigenvalue weighted by atomic mass is 32.2. The molecule has 1 heterocycles. The van der Waals surface area contributed by atoms with Gasteiger partial charge >= 0.3 is 0 Å². The van der Waals surface area contributed by atoms with Crippen molar-refractivity contribution in [2.24, 2.45) is 0 Å². The largest absolute Gasteiger partial charge is 0.376 e. The second-order valence-corrected chi connectivity index (χ2v) is 14.5. The minimum absolute atomic E-state index is 0.0486. The van der Waals surface area contributed by atoms with Crippen LogP contribution in [-0.2, 0) is 10.0 Å². The molecule has 4 aromatic carbocycles. The first-order chi connectivity index (χ1) is 23.5. The summed E-state index contributed by atoms with van der Waals surface area (Å²) in [5.41, 5.74) is 1.58. The van der Waals surface area contributed by atoms with Crippen molar-refractivity contribution in [1.29, 1.82) is 0 Å². The minimum atomic E-state index is -4.47. The zero-order chi connectivity index (χ0) is 35.0. The van der Waals surface area contributed by atoms with Crippen molar-refractivity contribution in [3.8, 4) is 11.1 Å². The van der Waals surface area contributed by atoms with Gasteiger partial charge in [0.15, 0.2) is 0 Å². The van der Waals surface area contributed by atoms with Crippen LogP contribution in [0.4, 0.5) is 15.8 Å².